The Labute approximate surface area is 389 Å². The number of para-hydroxylation sites is 2. The first-order chi connectivity index (χ1) is 35.9. The quantitative estimate of drug-likeness (QED) is 0.111. The van der Waals surface area contributed by atoms with Gasteiger partial charge in [0.2, 0.25) is 0 Å². The molecule has 2 unspecified atom stereocenters. The molecule has 11 aromatic rings. The van der Waals surface area contributed by atoms with Crippen molar-refractivity contribution in [2.75, 3.05) is 0 Å². The van der Waals surface area contributed by atoms with Gasteiger partial charge in [0.15, 0.2) is 8.07 Å². The van der Waals surface area contributed by atoms with E-state index in [0.717, 1.165) is 53.8 Å². The molecule has 300 valence electrons. The molecule has 2 heteroatoms. The van der Waals surface area contributed by atoms with Crippen LogP contribution in [-0.2, 0) is 0 Å². The molecule has 2 atom stereocenters. The zero-order valence-corrected chi connectivity index (χ0v) is 35.5. The fourth-order valence-electron chi connectivity index (χ4n) is 11.3. The molecule has 10 aromatic carbocycles. The molecule has 1 heterocycles. The van der Waals surface area contributed by atoms with E-state index in [0.29, 0.717) is 11.1 Å². The van der Waals surface area contributed by atoms with E-state index in [2.05, 4.69) is 138 Å². The molecule has 0 amide bonds. The van der Waals surface area contributed by atoms with Crippen LogP contribution in [0.3, 0.4) is 0 Å². The van der Waals surface area contributed by atoms with E-state index in [9.17, 15) is 0 Å². The minimum Gasteiger partial charge on any atom is -0.309 e. The van der Waals surface area contributed by atoms with Gasteiger partial charge in [-0.25, -0.2) is 0 Å². The highest BCUT2D eigenvalue weighted by Crippen LogP contribution is 2.57. The smallest absolute Gasteiger partial charge is 0.179 e. The Balaban J connectivity index is 1.17. The highest BCUT2D eigenvalue weighted by atomic mass is 28.3. The third-order valence-corrected chi connectivity index (χ3v) is 18.5. The zero-order chi connectivity index (χ0) is 50.9. The molecule has 0 spiro atoms. The number of hydrogen-bond donors (Lipinski definition) is 0. The topological polar surface area (TPSA) is 4.93 Å². The summed E-state index contributed by atoms with van der Waals surface area (Å²) in [6.07, 6.45) is 0. The SMILES string of the molecule is [2H]c1c([2H])c([2H])c(-c2cccc([Si](c3ccccc3)(c3cccc(-c4c([2H])c([2H])c([2H])c([2H])c4[2H])c3)c3cccc4c3C3c5ccccc5C4c4cccc(-n5c6ccccc6c6ccccc65)c43)c2)c([2H])c1[2H]. The molecule has 1 nitrogen and oxygen atoms in total. The second-order valence-electron chi connectivity index (χ2n) is 16.7. The second kappa shape index (κ2) is 14.7. The Morgan fingerprint density at radius 3 is 1.44 bits per heavy atom. The monoisotopic (exact) mass is 839 g/mol. The Kier molecular flexibility index (Phi) is 6.42. The molecule has 0 radical (unpaired) electrons. The maximum Gasteiger partial charge on any atom is 0.179 e. The fourth-order valence-corrected chi connectivity index (χ4v) is 16.4. The van der Waals surface area contributed by atoms with Crippen molar-refractivity contribution in [1.82, 2.24) is 4.57 Å². The van der Waals surface area contributed by atoms with Crippen LogP contribution < -0.4 is 20.7 Å². The van der Waals surface area contributed by atoms with Crippen LogP contribution in [0.2, 0.25) is 0 Å². The maximum absolute atomic E-state index is 9.16. The van der Waals surface area contributed by atoms with Crippen molar-refractivity contribution >= 4 is 50.6 Å². The lowest BCUT2D eigenvalue weighted by Gasteiger charge is -2.47. The van der Waals surface area contributed by atoms with Gasteiger partial charge < -0.3 is 4.57 Å². The summed E-state index contributed by atoms with van der Waals surface area (Å²) < 4.78 is 90.8. The average molecular weight is 840 g/mol. The molecule has 0 saturated heterocycles. The van der Waals surface area contributed by atoms with Gasteiger partial charge in [-0.3, -0.25) is 0 Å². The fraction of sp³-hybridized carbons (Fsp3) is 0.0323. The molecular weight excluding hydrogens is 787 g/mol. The second-order valence-corrected chi connectivity index (χ2v) is 20.5. The first-order valence-electron chi connectivity index (χ1n) is 26.7. The zero-order valence-electron chi connectivity index (χ0n) is 44.5. The van der Waals surface area contributed by atoms with Gasteiger partial charge in [-0.05, 0) is 94.6 Å². The van der Waals surface area contributed by atoms with Crippen LogP contribution in [0, 0.1) is 0 Å². The number of fused-ring (bicyclic) bond motifs is 3. The Morgan fingerprint density at radius 1 is 0.359 bits per heavy atom. The van der Waals surface area contributed by atoms with E-state index >= 15 is 0 Å². The summed E-state index contributed by atoms with van der Waals surface area (Å²) in [6.45, 7) is 0. The van der Waals surface area contributed by atoms with E-state index in [4.69, 9.17) is 13.7 Å². The molecule has 0 saturated carbocycles. The van der Waals surface area contributed by atoms with Crippen LogP contribution in [0.15, 0.2) is 248 Å². The first-order valence-corrected chi connectivity index (χ1v) is 23.7. The molecule has 0 aliphatic heterocycles. The van der Waals surface area contributed by atoms with Gasteiger partial charge in [-0.2, -0.15) is 0 Å². The van der Waals surface area contributed by atoms with Gasteiger partial charge >= 0.3 is 0 Å². The van der Waals surface area contributed by atoms with Crippen molar-refractivity contribution < 1.29 is 13.7 Å². The number of hydrogen-bond acceptors (Lipinski definition) is 0. The molecule has 64 heavy (non-hydrogen) atoms. The Bertz CT molecular complexity index is 3960. The van der Waals surface area contributed by atoms with E-state index < -0.39 is 44.3 Å². The van der Waals surface area contributed by atoms with E-state index in [1.807, 2.05) is 42.5 Å². The summed E-state index contributed by atoms with van der Waals surface area (Å²) in [7, 11) is -3.82. The molecule has 14 rings (SSSR count). The van der Waals surface area contributed by atoms with Crippen molar-refractivity contribution in [1.29, 1.82) is 0 Å². The average Bonchev–Trinajstić information content (AvgIpc) is 3.80. The summed E-state index contributed by atoms with van der Waals surface area (Å²) in [4.78, 5) is 0. The van der Waals surface area contributed by atoms with Crippen molar-refractivity contribution in [2.24, 2.45) is 0 Å². The van der Waals surface area contributed by atoms with Crippen LogP contribution >= 0.6 is 0 Å². The van der Waals surface area contributed by atoms with Crippen molar-refractivity contribution in [2.45, 2.75) is 11.8 Å². The summed E-state index contributed by atoms with van der Waals surface area (Å²) in [5.41, 5.74) is 11.6. The van der Waals surface area contributed by atoms with E-state index in [-0.39, 0.29) is 47.1 Å². The number of benzene rings is 10. The number of nitrogens with zero attached hydrogens (tertiary/aromatic N) is 1. The van der Waals surface area contributed by atoms with Crippen LogP contribution in [0.1, 0.15) is 58.9 Å². The van der Waals surface area contributed by atoms with Gasteiger partial charge in [0.25, 0.3) is 0 Å². The lowest BCUT2D eigenvalue weighted by atomic mass is 9.60. The highest BCUT2D eigenvalue weighted by Gasteiger charge is 2.50. The normalized spacial score (nSPS) is 17.1. The van der Waals surface area contributed by atoms with E-state index in [1.165, 1.54) is 27.8 Å². The standard InChI is InChI=1S/C62H43NSi/c1-4-20-42(21-5-1)44-24-16-28-47(40-44)64(46-26-8-3-9-27-46,48-29-17-25-45(41-48)43-22-6-2-7-23-43)58-39-19-35-54-59-51-32-10-11-33-52(51)62(61(54)58)60-53(59)34-18-38-57(60)63-55-36-14-12-30-49(55)50-31-13-15-37-56(50)63/h1-41,59,62H/i1D,2D,4D,5D,6D,7D,20D,21D,22D,23D. The molecule has 3 aliphatic rings. The van der Waals surface area contributed by atoms with Crippen LogP contribution in [-0.4, -0.2) is 12.6 Å². The third-order valence-electron chi connectivity index (χ3n) is 13.7. The molecule has 2 bridgehead atoms. The minimum atomic E-state index is -3.82. The third kappa shape index (κ3) is 5.36. The highest BCUT2D eigenvalue weighted by molar-refractivity contribution is 7.20. The number of aromatic nitrogens is 1. The first kappa shape index (κ1) is 28.0. The van der Waals surface area contributed by atoms with Gasteiger partial charge in [0, 0.05) is 22.6 Å². The van der Waals surface area contributed by atoms with Crippen molar-refractivity contribution in [3.05, 3.63) is 282 Å². The Hall–Kier alpha value is -7.78. The largest absolute Gasteiger partial charge is 0.309 e. The maximum atomic E-state index is 9.16. The number of rotatable bonds is 7. The predicted octanol–water partition coefficient (Wildman–Crippen LogP) is 12.5. The van der Waals surface area contributed by atoms with E-state index in [1.54, 1.807) is 12.1 Å². The molecular formula is C62H43NSi. The van der Waals surface area contributed by atoms with Crippen molar-refractivity contribution in [3.63, 3.8) is 0 Å². The minimum absolute atomic E-state index is 0.0921. The van der Waals surface area contributed by atoms with Gasteiger partial charge in [0.05, 0.1) is 30.4 Å². The van der Waals surface area contributed by atoms with Crippen molar-refractivity contribution in [3.8, 4) is 27.9 Å². The van der Waals surface area contributed by atoms with Gasteiger partial charge in [-0.15, -0.1) is 0 Å². The summed E-state index contributed by atoms with van der Waals surface area (Å²) in [5.74, 6) is -0.427. The lowest BCUT2D eigenvalue weighted by Crippen LogP contribution is -2.75. The predicted molar refractivity (Wildman–Crippen MR) is 270 cm³/mol. The van der Waals surface area contributed by atoms with Crippen LogP contribution in [0.5, 0.6) is 0 Å². The molecule has 0 fully saturated rings. The lowest BCUT2D eigenvalue weighted by molar-refractivity contribution is 0.752. The van der Waals surface area contributed by atoms with Crippen LogP contribution in [0.4, 0.5) is 0 Å². The molecule has 1 aromatic heterocycles. The Morgan fingerprint density at radius 2 is 0.828 bits per heavy atom. The summed E-state index contributed by atoms with van der Waals surface area (Å²) >= 11 is 0. The van der Waals surface area contributed by atoms with Gasteiger partial charge in [0.1, 0.15) is 0 Å². The van der Waals surface area contributed by atoms with Gasteiger partial charge in [-0.1, -0.05) is 230 Å². The van der Waals surface area contributed by atoms with Crippen LogP contribution in [0.25, 0.3) is 49.7 Å². The summed E-state index contributed by atoms with van der Waals surface area (Å²) in [6, 6.07) is 61.4. The molecule has 0 N–H and O–H groups in total. The summed E-state index contributed by atoms with van der Waals surface area (Å²) in [5, 5.41) is 6.13. The molecule has 3 aliphatic carbocycles.